The van der Waals surface area contributed by atoms with Crippen molar-refractivity contribution >= 4 is 0 Å². The third-order valence-corrected chi connectivity index (χ3v) is 5.04. The number of benzene rings is 1. The Bertz CT molecular complexity index is 377. The van der Waals surface area contributed by atoms with Crippen molar-refractivity contribution in [2.75, 3.05) is 7.05 Å². The molecule has 0 aliphatic carbocycles. The molecule has 2 unspecified atom stereocenters. The summed E-state index contributed by atoms with van der Waals surface area (Å²) in [7, 11) is 1.73. The Hall–Kier alpha value is -0.860. The number of quaternary nitrogens is 1. The van der Waals surface area contributed by atoms with E-state index >= 15 is 0 Å². The van der Waals surface area contributed by atoms with E-state index in [1.807, 2.05) is 18.2 Å². The van der Waals surface area contributed by atoms with Crippen molar-refractivity contribution in [1.82, 2.24) is 0 Å². The summed E-state index contributed by atoms with van der Waals surface area (Å²) in [6.07, 6.45) is 17.4. The molecule has 1 N–H and O–H groups in total. The van der Waals surface area contributed by atoms with Crippen LogP contribution in [0.25, 0.3) is 0 Å². The lowest BCUT2D eigenvalue weighted by molar-refractivity contribution is -0.861. The van der Waals surface area contributed by atoms with Crippen LogP contribution in [0.2, 0.25) is 0 Å². The molecule has 2 heteroatoms. The number of hydrogen-bond acceptors (Lipinski definition) is 1. The lowest BCUT2D eigenvalue weighted by atomic mass is 9.99. The first-order valence-corrected chi connectivity index (χ1v) is 10.3. The molecule has 0 heterocycles. The summed E-state index contributed by atoms with van der Waals surface area (Å²) in [5, 5.41) is 12.2. The van der Waals surface area contributed by atoms with Crippen molar-refractivity contribution in [2.24, 2.45) is 0 Å². The van der Waals surface area contributed by atoms with Crippen molar-refractivity contribution in [3.63, 3.8) is 0 Å². The third-order valence-electron chi connectivity index (χ3n) is 5.04. The first-order valence-electron chi connectivity index (χ1n) is 10.3. The molecule has 1 aromatic carbocycles. The maximum absolute atomic E-state index is 11.9. The van der Waals surface area contributed by atoms with Crippen LogP contribution in [0.1, 0.15) is 102 Å². The lowest BCUT2D eigenvalue weighted by Crippen LogP contribution is -3.04. The molecule has 2 atom stereocenters. The van der Waals surface area contributed by atoms with Crippen LogP contribution in [0, 0.1) is 5.21 Å². The first-order chi connectivity index (χ1) is 11.8. The maximum Gasteiger partial charge on any atom is 0.113 e. The van der Waals surface area contributed by atoms with Crippen LogP contribution >= 0.6 is 0 Å². The molecule has 138 valence electrons. The fraction of sp³-hybridized carbons (Fsp3) is 0.727. The van der Waals surface area contributed by atoms with Gasteiger partial charge < -0.3 is 10.3 Å². The molecule has 1 rings (SSSR count). The molecule has 0 saturated carbocycles. The standard InChI is InChI=1S/C22H39NO/c1-3-4-5-6-7-8-9-10-11-12-13-17-20-22(23(2)24)21-18-15-14-16-19-21/h14-16,18-19,22-23H,3-13,17,20H2,1-2H3. The second-order valence-electron chi connectivity index (χ2n) is 7.25. The van der Waals surface area contributed by atoms with Gasteiger partial charge in [0.25, 0.3) is 0 Å². The average molecular weight is 334 g/mol. The fourth-order valence-electron chi connectivity index (χ4n) is 3.48. The van der Waals surface area contributed by atoms with Crippen LogP contribution in [-0.4, -0.2) is 7.05 Å². The SMILES string of the molecule is CCCCCCCCCCCCCCC(c1ccccc1)[NH+](C)[O-]. The normalized spacial score (nSPS) is 13.8. The number of rotatable bonds is 15. The van der Waals surface area contributed by atoms with E-state index in [0.29, 0.717) is 5.06 Å². The molecular formula is C22H39NO. The molecule has 0 spiro atoms. The zero-order valence-corrected chi connectivity index (χ0v) is 16.1. The van der Waals surface area contributed by atoms with E-state index in [9.17, 15) is 5.21 Å². The monoisotopic (exact) mass is 333 g/mol. The van der Waals surface area contributed by atoms with Gasteiger partial charge in [0.05, 0.1) is 7.05 Å². The molecule has 0 fully saturated rings. The Balaban J connectivity index is 1.99. The van der Waals surface area contributed by atoms with Crippen LogP contribution in [-0.2, 0) is 0 Å². The summed E-state index contributed by atoms with van der Waals surface area (Å²) in [6.45, 7) is 2.28. The van der Waals surface area contributed by atoms with Gasteiger partial charge in [0, 0.05) is 12.0 Å². The molecule has 24 heavy (non-hydrogen) atoms. The summed E-state index contributed by atoms with van der Waals surface area (Å²) < 4.78 is 0. The highest BCUT2D eigenvalue weighted by atomic mass is 16.5. The predicted molar refractivity (Wildman–Crippen MR) is 105 cm³/mol. The number of unbranched alkanes of at least 4 members (excludes halogenated alkanes) is 11. The minimum absolute atomic E-state index is 0.106. The van der Waals surface area contributed by atoms with Gasteiger partial charge in [0.15, 0.2) is 0 Å². The van der Waals surface area contributed by atoms with Gasteiger partial charge in [-0.05, 0) is 6.42 Å². The molecule has 0 amide bonds. The van der Waals surface area contributed by atoms with E-state index in [1.165, 1.54) is 82.6 Å². The predicted octanol–water partition coefficient (Wildman–Crippen LogP) is 5.83. The zero-order valence-electron chi connectivity index (χ0n) is 16.1. The Morgan fingerprint density at radius 3 is 1.67 bits per heavy atom. The van der Waals surface area contributed by atoms with E-state index in [-0.39, 0.29) is 6.04 Å². The van der Waals surface area contributed by atoms with Crippen molar-refractivity contribution in [1.29, 1.82) is 0 Å². The molecule has 2 nitrogen and oxygen atoms in total. The van der Waals surface area contributed by atoms with Gasteiger partial charge in [0.1, 0.15) is 6.04 Å². The maximum atomic E-state index is 11.9. The highest BCUT2D eigenvalue weighted by Crippen LogP contribution is 2.18. The van der Waals surface area contributed by atoms with E-state index in [2.05, 4.69) is 19.1 Å². The second kappa shape index (κ2) is 14.5. The van der Waals surface area contributed by atoms with Crippen LogP contribution in [0.15, 0.2) is 30.3 Å². The summed E-state index contributed by atoms with van der Waals surface area (Å²) in [6, 6.07) is 10.4. The van der Waals surface area contributed by atoms with Gasteiger partial charge in [-0.2, -0.15) is 0 Å². The van der Waals surface area contributed by atoms with E-state index in [0.717, 1.165) is 6.42 Å². The number of hydrogen-bond donors (Lipinski definition) is 1. The Morgan fingerprint density at radius 1 is 0.750 bits per heavy atom. The minimum atomic E-state index is 0.106. The highest BCUT2D eigenvalue weighted by molar-refractivity contribution is 5.17. The number of hydroxylamine groups is 2. The molecule has 0 saturated heterocycles. The molecule has 0 radical (unpaired) electrons. The summed E-state index contributed by atoms with van der Waals surface area (Å²) in [4.78, 5) is 0. The summed E-state index contributed by atoms with van der Waals surface area (Å²) >= 11 is 0. The smallest absolute Gasteiger partial charge is 0.113 e. The molecular weight excluding hydrogens is 294 g/mol. The number of nitrogens with one attached hydrogen (secondary N) is 1. The highest BCUT2D eigenvalue weighted by Gasteiger charge is 2.14. The summed E-state index contributed by atoms with van der Waals surface area (Å²) in [5.74, 6) is 0. The van der Waals surface area contributed by atoms with E-state index in [4.69, 9.17) is 0 Å². The molecule has 0 aliphatic rings. The van der Waals surface area contributed by atoms with Crippen LogP contribution in [0.5, 0.6) is 0 Å². The largest absolute Gasteiger partial charge is 0.634 e. The Morgan fingerprint density at radius 2 is 1.21 bits per heavy atom. The van der Waals surface area contributed by atoms with Crippen molar-refractivity contribution in [2.45, 2.75) is 96.4 Å². The molecule has 0 bridgehead atoms. The summed E-state index contributed by atoms with van der Waals surface area (Å²) in [5.41, 5.74) is 1.19. The Kier molecular flexibility index (Phi) is 12.8. The van der Waals surface area contributed by atoms with E-state index < -0.39 is 0 Å². The molecule has 1 aromatic rings. The quantitative estimate of drug-likeness (QED) is 0.317. The molecule has 0 aromatic heterocycles. The average Bonchev–Trinajstić information content (AvgIpc) is 2.59. The van der Waals surface area contributed by atoms with Gasteiger partial charge in [0.2, 0.25) is 0 Å². The second-order valence-corrected chi connectivity index (χ2v) is 7.25. The van der Waals surface area contributed by atoms with Crippen molar-refractivity contribution in [3.05, 3.63) is 41.1 Å². The van der Waals surface area contributed by atoms with Gasteiger partial charge in [-0.25, -0.2) is 0 Å². The topological polar surface area (TPSA) is 27.5 Å². The lowest BCUT2D eigenvalue weighted by Gasteiger charge is -2.28. The fourth-order valence-corrected chi connectivity index (χ4v) is 3.48. The van der Waals surface area contributed by atoms with Crippen LogP contribution in [0.4, 0.5) is 0 Å². The third kappa shape index (κ3) is 10.1. The van der Waals surface area contributed by atoms with Crippen molar-refractivity contribution in [3.8, 4) is 0 Å². The van der Waals surface area contributed by atoms with E-state index in [1.54, 1.807) is 7.05 Å². The van der Waals surface area contributed by atoms with Gasteiger partial charge in [-0.3, -0.25) is 0 Å². The van der Waals surface area contributed by atoms with Gasteiger partial charge in [-0.15, -0.1) is 0 Å². The first kappa shape index (κ1) is 21.2. The van der Waals surface area contributed by atoms with Gasteiger partial charge in [-0.1, -0.05) is 108 Å². The minimum Gasteiger partial charge on any atom is -0.634 e. The van der Waals surface area contributed by atoms with Gasteiger partial charge >= 0.3 is 0 Å². The van der Waals surface area contributed by atoms with Crippen LogP contribution in [0.3, 0.4) is 0 Å². The van der Waals surface area contributed by atoms with Crippen LogP contribution < -0.4 is 5.06 Å². The molecule has 0 aliphatic heterocycles. The zero-order chi connectivity index (χ0) is 17.5. The van der Waals surface area contributed by atoms with Crippen molar-refractivity contribution < 1.29 is 5.06 Å². The Labute approximate surface area is 150 Å².